The van der Waals surface area contributed by atoms with Gasteiger partial charge in [-0.1, -0.05) is 6.92 Å². The minimum Gasteiger partial charge on any atom is -0.465 e. The van der Waals surface area contributed by atoms with E-state index >= 15 is 0 Å². The van der Waals surface area contributed by atoms with Crippen molar-refractivity contribution >= 4 is 28.0 Å². The van der Waals surface area contributed by atoms with Crippen molar-refractivity contribution in [1.29, 1.82) is 0 Å². The molecular weight excluding hydrogens is 270 g/mol. The SMILES string of the molecule is CCc1ccc2c(=O)c3cc(C(=O)OC)ccc3oc2n1. The number of hydrogen-bond acceptors (Lipinski definition) is 5. The zero-order valence-electron chi connectivity index (χ0n) is 11.7. The number of aryl methyl sites for hydroxylation is 1. The summed E-state index contributed by atoms with van der Waals surface area (Å²) in [4.78, 5) is 28.4. The Hall–Kier alpha value is -2.69. The summed E-state index contributed by atoms with van der Waals surface area (Å²) in [6, 6.07) is 8.14. The Morgan fingerprint density at radius 3 is 2.76 bits per heavy atom. The molecule has 0 amide bonds. The maximum absolute atomic E-state index is 12.5. The number of nitrogens with zero attached hydrogens (tertiary/aromatic N) is 1. The summed E-state index contributed by atoms with van der Waals surface area (Å²) < 4.78 is 10.3. The average Bonchev–Trinajstić information content (AvgIpc) is 2.53. The van der Waals surface area contributed by atoms with Gasteiger partial charge in [-0.05, 0) is 36.8 Å². The fraction of sp³-hybridized carbons (Fsp3) is 0.188. The number of carbonyl (C=O) groups is 1. The third kappa shape index (κ3) is 2.16. The molecule has 0 bridgehead atoms. The van der Waals surface area contributed by atoms with Crippen molar-refractivity contribution in [1.82, 2.24) is 4.98 Å². The van der Waals surface area contributed by atoms with Gasteiger partial charge in [-0.25, -0.2) is 9.78 Å². The Morgan fingerprint density at radius 1 is 1.24 bits per heavy atom. The molecule has 0 radical (unpaired) electrons. The smallest absolute Gasteiger partial charge is 0.337 e. The summed E-state index contributed by atoms with van der Waals surface area (Å²) in [5, 5.41) is 0.748. The van der Waals surface area contributed by atoms with Gasteiger partial charge in [0.15, 0.2) is 0 Å². The molecule has 21 heavy (non-hydrogen) atoms. The Bertz CT molecular complexity index is 911. The first-order valence-electron chi connectivity index (χ1n) is 6.59. The van der Waals surface area contributed by atoms with Crippen molar-refractivity contribution in [2.45, 2.75) is 13.3 Å². The number of ether oxygens (including phenoxy) is 1. The number of benzene rings is 1. The van der Waals surface area contributed by atoms with Crippen LogP contribution in [0.3, 0.4) is 0 Å². The molecule has 3 aromatic rings. The number of pyridine rings is 1. The number of carbonyl (C=O) groups excluding carboxylic acids is 1. The highest BCUT2D eigenvalue weighted by Crippen LogP contribution is 2.19. The molecule has 0 fully saturated rings. The quantitative estimate of drug-likeness (QED) is 0.534. The number of esters is 1. The van der Waals surface area contributed by atoms with Crippen molar-refractivity contribution in [3.63, 3.8) is 0 Å². The highest BCUT2D eigenvalue weighted by atomic mass is 16.5. The topological polar surface area (TPSA) is 69.4 Å². The minimum atomic E-state index is -0.490. The summed E-state index contributed by atoms with van der Waals surface area (Å²) >= 11 is 0. The van der Waals surface area contributed by atoms with Crippen molar-refractivity contribution in [2.75, 3.05) is 7.11 Å². The Balaban J connectivity index is 2.34. The molecule has 106 valence electrons. The highest BCUT2D eigenvalue weighted by Gasteiger charge is 2.12. The van der Waals surface area contributed by atoms with Crippen LogP contribution in [0.5, 0.6) is 0 Å². The van der Waals surface area contributed by atoms with Crippen LogP contribution in [-0.4, -0.2) is 18.1 Å². The normalized spacial score (nSPS) is 11.0. The lowest BCUT2D eigenvalue weighted by Crippen LogP contribution is -2.07. The maximum Gasteiger partial charge on any atom is 0.337 e. The van der Waals surface area contributed by atoms with Crippen molar-refractivity contribution in [2.24, 2.45) is 0 Å². The monoisotopic (exact) mass is 283 g/mol. The highest BCUT2D eigenvalue weighted by molar-refractivity contribution is 5.96. The van der Waals surface area contributed by atoms with Crippen LogP contribution in [0.25, 0.3) is 22.1 Å². The van der Waals surface area contributed by atoms with Gasteiger partial charge in [0.2, 0.25) is 11.1 Å². The maximum atomic E-state index is 12.5. The van der Waals surface area contributed by atoms with Crippen molar-refractivity contribution in [3.8, 4) is 0 Å². The van der Waals surface area contributed by atoms with E-state index in [4.69, 9.17) is 4.42 Å². The first-order valence-corrected chi connectivity index (χ1v) is 6.59. The molecule has 0 saturated carbocycles. The van der Waals surface area contributed by atoms with E-state index in [1.165, 1.54) is 13.2 Å². The van der Waals surface area contributed by atoms with Gasteiger partial charge in [-0.3, -0.25) is 4.79 Å². The fourth-order valence-corrected chi connectivity index (χ4v) is 2.22. The van der Waals surface area contributed by atoms with Crippen LogP contribution < -0.4 is 5.43 Å². The van der Waals surface area contributed by atoms with Crippen LogP contribution in [0, 0.1) is 0 Å². The van der Waals surface area contributed by atoms with E-state index in [1.807, 2.05) is 6.92 Å². The molecule has 0 aliphatic rings. The first kappa shape index (κ1) is 13.3. The van der Waals surface area contributed by atoms with Crippen LogP contribution >= 0.6 is 0 Å². The second kappa shape index (κ2) is 5.01. The van der Waals surface area contributed by atoms with Crippen LogP contribution in [0.15, 0.2) is 39.5 Å². The molecule has 1 aromatic carbocycles. The lowest BCUT2D eigenvalue weighted by Gasteiger charge is -2.04. The molecule has 5 nitrogen and oxygen atoms in total. The van der Waals surface area contributed by atoms with Crippen LogP contribution in [0.2, 0.25) is 0 Å². The third-order valence-electron chi connectivity index (χ3n) is 3.38. The molecule has 5 heteroatoms. The van der Waals surface area contributed by atoms with Crippen molar-refractivity contribution in [3.05, 3.63) is 51.8 Å². The van der Waals surface area contributed by atoms with Gasteiger partial charge in [0.05, 0.1) is 23.4 Å². The largest absolute Gasteiger partial charge is 0.465 e. The first-order chi connectivity index (χ1) is 10.1. The van der Waals surface area contributed by atoms with Crippen molar-refractivity contribution < 1.29 is 13.9 Å². The number of aromatic nitrogens is 1. The molecular formula is C16H13NO4. The zero-order chi connectivity index (χ0) is 15.0. The van der Waals surface area contributed by atoms with Gasteiger partial charge < -0.3 is 9.15 Å². The number of methoxy groups -OCH3 is 1. The van der Waals surface area contributed by atoms with Gasteiger partial charge in [-0.2, -0.15) is 0 Å². The molecule has 0 atom stereocenters. The van der Waals surface area contributed by atoms with Gasteiger partial charge in [0.25, 0.3) is 0 Å². The minimum absolute atomic E-state index is 0.202. The predicted octanol–water partition coefficient (Wildman–Crippen LogP) is 2.69. The van der Waals surface area contributed by atoms with Gasteiger partial charge in [0.1, 0.15) is 5.58 Å². The summed E-state index contributed by atoms with van der Waals surface area (Å²) in [6.07, 6.45) is 0.763. The van der Waals surface area contributed by atoms with E-state index in [2.05, 4.69) is 9.72 Å². The van der Waals surface area contributed by atoms with Crippen LogP contribution in [-0.2, 0) is 11.2 Å². The zero-order valence-corrected chi connectivity index (χ0v) is 11.7. The Kier molecular flexibility index (Phi) is 3.17. The van der Waals surface area contributed by atoms with E-state index in [-0.39, 0.29) is 5.43 Å². The molecule has 0 aliphatic carbocycles. The summed E-state index contributed by atoms with van der Waals surface area (Å²) in [7, 11) is 1.30. The van der Waals surface area contributed by atoms with Gasteiger partial charge in [-0.15, -0.1) is 0 Å². The van der Waals surface area contributed by atoms with E-state index in [9.17, 15) is 9.59 Å². The molecule has 0 spiro atoms. The molecule has 3 rings (SSSR count). The van der Waals surface area contributed by atoms with E-state index in [0.717, 1.165) is 12.1 Å². The molecule has 2 heterocycles. The second-order valence-electron chi connectivity index (χ2n) is 4.64. The summed E-state index contributed by atoms with van der Waals surface area (Å²) in [5.41, 5.74) is 1.69. The molecule has 0 saturated heterocycles. The number of fused-ring (bicyclic) bond motifs is 2. The lowest BCUT2D eigenvalue weighted by atomic mass is 10.1. The van der Waals surface area contributed by atoms with Crippen LogP contribution in [0.4, 0.5) is 0 Å². The molecule has 2 aromatic heterocycles. The van der Waals surface area contributed by atoms with E-state index < -0.39 is 5.97 Å². The van der Waals surface area contributed by atoms with Crippen LogP contribution in [0.1, 0.15) is 23.0 Å². The molecule has 0 unspecified atom stereocenters. The van der Waals surface area contributed by atoms with Gasteiger partial charge >= 0.3 is 5.97 Å². The number of rotatable bonds is 2. The lowest BCUT2D eigenvalue weighted by molar-refractivity contribution is 0.0601. The average molecular weight is 283 g/mol. The fourth-order valence-electron chi connectivity index (χ4n) is 2.22. The molecule has 0 aliphatic heterocycles. The third-order valence-corrected chi connectivity index (χ3v) is 3.38. The summed E-state index contributed by atoms with van der Waals surface area (Å²) in [5.74, 6) is -0.490. The predicted molar refractivity (Wildman–Crippen MR) is 78.5 cm³/mol. The number of hydrogen-bond donors (Lipinski definition) is 0. The Labute approximate surface area is 120 Å². The van der Waals surface area contributed by atoms with E-state index in [1.54, 1.807) is 24.3 Å². The summed E-state index contributed by atoms with van der Waals surface area (Å²) in [6.45, 7) is 1.98. The Morgan fingerprint density at radius 2 is 2.05 bits per heavy atom. The standard InChI is InChI=1S/C16H13NO4/c1-3-10-5-6-11-14(18)12-8-9(16(19)20-2)4-7-13(12)21-15(11)17-10/h4-8H,3H2,1-2H3. The van der Waals surface area contributed by atoms with Gasteiger partial charge in [0, 0.05) is 5.69 Å². The second-order valence-corrected chi connectivity index (χ2v) is 4.64. The molecule has 0 N–H and O–H groups in total. The van der Waals surface area contributed by atoms with E-state index in [0.29, 0.717) is 27.6 Å².